The third kappa shape index (κ3) is 10.1. The fraction of sp³-hybridized carbons (Fsp3) is 0.515. The first-order valence-corrected chi connectivity index (χ1v) is 18.0. The number of amides is 1. The zero-order valence-electron chi connectivity index (χ0n) is 27.5. The molecule has 3 aromatic rings. The van der Waals surface area contributed by atoms with Crippen LogP contribution < -0.4 is 9.46 Å². The van der Waals surface area contributed by atoms with Crippen molar-refractivity contribution in [1.82, 2.24) is 19.4 Å². The van der Waals surface area contributed by atoms with Gasteiger partial charge in [0, 0.05) is 51.1 Å². The number of nitrogens with one attached hydrogen (secondary N) is 1. The second-order valence-corrected chi connectivity index (χ2v) is 14.9. The van der Waals surface area contributed by atoms with Gasteiger partial charge in [0.05, 0.1) is 46.8 Å². The minimum Gasteiger partial charge on any atom is -0.490 e. The van der Waals surface area contributed by atoms with E-state index in [0.29, 0.717) is 35.5 Å². The lowest BCUT2D eigenvalue weighted by Crippen LogP contribution is -2.47. The van der Waals surface area contributed by atoms with E-state index >= 15 is 0 Å². The molecule has 1 aromatic heterocycles. The third-order valence-corrected chi connectivity index (χ3v) is 10.2. The second kappa shape index (κ2) is 16.5. The lowest BCUT2D eigenvalue weighted by molar-refractivity contribution is -0.0177. The minimum absolute atomic E-state index is 0.124. The van der Waals surface area contributed by atoms with Crippen LogP contribution >= 0.6 is 23.2 Å². The summed E-state index contributed by atoms with van der Waals surface area (Å²) >= 11 is 12.4. The van der Waals surface area contributed by atoms with Gasteiger partial charge in [-0.25, -0.2) is 4.98 Å². The van der Waals surface area contributed by atoms with Crippen LogP contribution in [-0.2, 0) is 28.4 Å². The molecule has 14 heteroatoms. The standard InChI is InChI=1S/C33H45Cl2N5O6S/c1-22-16-40(23(2)20-41)33(42)27-15-26(37-47(43,44)32-19-39(5)21-36-32)10-12-30(27)46-24(3)8-6-7-13-45-31(22)18-38(4)17-25-9-11-28(34)29(35)14-25/h9-12,14-15,19,21-24,31,37,41H,6-8,13,16-18,20H2,1-5H3/t22-,23-,24+,31-/m0/s1. The van der Waals surface area contributed by atoms with Crippen LogP contribution in [0.25, 0.3) is 0 Å². The molecule has 0 saturated carbocycles. The van der Waals surface area contributed by atoms with Gasteiger partial charge in [0.25, 0.3) is 15.9 Å². The van der Waals surface area contributed by atoms with E-state index in [2.05, 4.69) is 14.6 Å². The smallest absolute Gasteiger partial charge is 0.280 e. The van der Waals surface area contributed by atoms with Crippen LogP contribution in [0.3, 0.4) is 0 Å². The maximum absolute atomic E-state index is 14.3. The molecule has 4 rings (SSSR count). The van der Waals surface area contributed by atoms with Gasteiger partial charge in [-0.05, 0) is 76.1 Å². The highest BCUT2D eigenvalue weighted by atomic mass is 35.5. The Morgan fingerprint density at radius 1 is 1.15 bits per heavy atom. The summed E-state index contributed by atoms with van der Waals surface area (Å²) in [6.07, 6.45) is 4.79. The summed E-state index contributed by atoms with van der Waals surface area (Å²) in [5.74, 6) is -0.168. The molecule has 0 aliphatic carbocycles. The number of aryl methyl sites for hydroxylation is 1. The first kappa shape index (κ1) is 37.0. The molecule has 0 saturated heterocycles. The van der Waals surface area contributed by atoms with Crippen molar-refractivity contribution in [1.29, 1.82) is 0 Å². The molecule has 1 amide bonds. The number of anilines is 1. The van der Waals surface area contributed by atoms with Crippen molar-refractivity contribution in [2.24, 2.45) is 13.0 Å². The second-order valence-electron chi connectivity index (χ2n) is 12.4. The number of aliphatic hydroxyl groups excluding tert-OH is 1. The first-order valence-electron chi connectivity index (χ1n) is 15.7. The summed E-state index contributed by atoms with van der Waals surface area (Å²) in [5.41, 5.74) is 1.40. The normalized spacial score (nSPS) is 20.7. The van der Waals surface area contributed by atoms with Gasteiger partial charge in [-0.2, -0.15) is 8.42 Å². The van der Waals surface area contributed by atoms with Crippen LogP contribution in [-0.4, -0.2) is 90.4 Å². The van der Waals surface area contributed by atoms with Crippen LogP contribution in [0.4, 0.5) is 5.69 Å². The Morgan fingerprint density at radius 2 is 1.91 bits per heavy atom. The maximum atomic E-state index is 14.3. The van der Waals surface area contributed by atoms with Crippen LogP contribution in [0.5, 0.6) is 5.75 Å². The lowest BCUT2D eigenvalue weighted by atomic mass is 10.0. The molecule has 0 spiro atoms. The van der Waals surface area contributed by atoms with Crippen LogP contribution in [0, 0.1) is 5.92 Å². The molecule has 1 aliphatic rings. The number of carbonyl (C=O) groups excluding carboxylic acids is 1. The summed E-state index contributed by atoms with van der Waals surface area (Å²) in [4.78, 5) is 22.1. The van der Waals surface area contributed by atoms with Crippen molar-refractivity contribution in [2.45, 2.75) is 69.9 Å². The topological polar surface area (TPSA) is 126 Å². The average molecular weight is 711 g/mol. The first-order chi connectivity index (χ1) is 22.3. The molecule has 2 aromatic carbocycles. The molecule has 2 N–H and O–H groups in total. The lowest BCUT2D eigenvalue weighted by Gasteiger charge is -2.36. The Balaban J connectivity index is 1.63. The zero-order chi connectivity index (χ0) is 34.3. The van der Waals surface area contributed by atoms with Gasteiger partial charge < -0.3 is 24.0 Å². The van der Waals surface area contributed by atoms with Crippen LogP contribution in [0.2, 0.25) is 10.0 Å². The Labute approximate surface area is 287 Å². The fourth-order valence-corrected chi connectivity index (χ4v) is 6.86. The van der Waals surface area contributed by atoms with Crippen LogP contribution in [0.1, 0.15) is 56.0 Å². The molecule has 258 valence electrons. The number of hydrogen-bond acceptors (Lipinski definition) is 8. The fourth-order valence-electron chi connectivity index (χ4n) is 5.51. The van der Waals surface area contributed by atoms with E-state index in [1.807, 2.05) is 33.0 Å². The van der Waals surface area contributed by atoms with E-state index in [-0.39, 0.29) is 53.5 Å². The number of aliphatic hydroxyl groups is 1. The van der Waals surface area contributed by atoms with Crippen molar-refractivity contribution in [2.75, 3.05) is 38.1 Å². The molecule has 0 unspecified atom stereocenters. The summed E-state index contributed by atoms with van der Waals surface area (Å²) in [5, 5.41) is 11.1. The summed E-state index contributed by atoms with van der Waals surface area (Å²) < 4.78 is 42.9. The highest BCUT2D eigenvalue weighted by molar-refractivity contribution is 7.92. The largest absolute Gasteiger partial charge is 0.490 e. The highest BCUT2D eigenvalue weighted by Gasteiger charge is 2.31. The van der Waals surface area contributed by atoms with Gasteiger partial charge in [0.2, 0.25) is 0 Å². The van der Waals surface area contributed by atoms with E-state index < -0.39 is 16.1 Å². The predicted octanol–water partition coefficient (Wildman–Crippen LogP) is 5.46. The van der Waals surface area contributed by atoms with Crippen molar-refractivity contribution < 1.29 is 27.8 Å². The quantitative estimate of drug-likeness (QED) is 0.300. The van der Waals surface area contributed by atoms with E-state index in [9.17, 15) is 18.3 Å². The van der Waals surface area contributed by atoms with Crippen LogP contribution in [0.15, 0.2) is 53.9 Å². The van der Waals surface area contributed by atoms with Gasteiger partial charge in [0.1, 0.15) is 5.75 Å². The van der Waals surface area contributed by atoms with Crippen molar-refractivity contribution >= 4 is 44.8 Å². The Kier molecular flexibility index (Phi) is 13.0. The number of halogens is 2. The third-order valence-electron chi connectivity index (χ3n) is 8.19. The molecular weight excluding hydrogens is 665 g/mol. The average Bonchev–Trinajstić information content (AvgIpc) is 3.47. The van der Waals surface area contributed by atoms with Crippen molar-refractivity contribution in [3.05, 3.63) is 70.1 Å². The van der Waals surface area contributed by atoms with E-state index in [1.165, 1.54) is 23.2 Å². The number of carbonyl (C=O) groups is 1. The predicted molar refractivity (Wildman–Crippen MR) is 184 cm³/mol. The molecule has 0 bridgehead atoms. The van der Waals surface area contributed by atoms with Gasteiger partial charge in [-0.15, -0.1) is 0 Å². The molecule has 1 aliphatic heterocycles. The molecular formula is C33H45Cl2N5O6S. The van der Waals surface area contributed by atoms with E-state index in [4.69, 9.17) is 32.7 Å². The molecule has 4 atom stereocenters. The number of hydrogen-bond donors (Lipinski definition) is 2. The number of ether oxygens (including phenoxy) is 2. The Hall–Kier alpha value is -2.87. The highest BCUT2D eigenvalue weighted by Crippen LogP contribution is 2.30. The van der Waals surface area contributed by atoms with E-state index in [0.717, 1.165) is 24.8 Å². The number of nitrogens with zero attached hydrogens (tertiary/aromatic N) is 4. The molecule has 0 fully saturated rings. The monoisotopic (exact) mass is 709 g/mol. The molecule has 11 nitrogen and oxygen atoms in total. The number of fused-ring (bicyclic) bond motifs is 1. The summed E-state index contributed by atoms with van der Waals surface area (Å²) in [6, 6.07) is 9.71. The SMILES string of the molecule is C[C@@H]1CCCCO[C@@H](CN(C)Cc2ccc(Cl)c(Cl)c2)[C@@H](C)CN([C@@H](C)CO)C(=O)c2cc(NS(=O)(=O)c3cn(C)cn3)ccc2O1. The zero-order valence-corrected chi connectivity index (χ0v) is 29.9. The van der Waals surface area contributed by atoms with E-state index in [1.54, 1.807) is 37.1 Å². The molecule has 2 heterocycles. The number of likely N-dealkylation sites (N-methyl/N-ethyl adjacent to an activating group) is 1. The number of aromatic nitrogens is 2. The number of sulfonamides is 1. The van der Waals surface area contributed by atoms with Crippen molar-refractivity contribution in [3.63, 3.8) is 0 Å². The summed E-state index contributed by atoms with van der Waals surface area (Å²) in [7, 11) is -0.325. The summed E-state index contributed by atoms with van der Waals surface area (Å²) in [6.45, 7) is 7.54. The van der Waals surface area contributed by atoms with Gasteiger partial charge in [-0.1, -0.05) is 36.2 Å². The van der Waals surface area contributed by atoms with Gasteiger partial charge in [0.15, 0.2) is 5.03 Å². The molecule has 0 radical (unpaired) electrons. The minimum atomic E-state index is -4.01. The Morgan fingerprint density at radius 3 is 2.60 bits per heavy atom. The Bertz CT molecular complexity index is 1620. The maximum Gasteiger partial charge on any atom is 0.280 e. The number of benzene rings is 2. The van der Waals surface area contributed by atoms with Gasteiger partial charge in [-0.3, -0.25) is 14.4 Å². The number of imidazole rings is 1. The number of rotatable bonds is 9. The van der Waals surface area contributed by atoms with Crippen molar-refractivity contribution in [3.8, 4) is 5.75 Å². The molecule has 47 heavy (non-hydrogen) atoms. The van der Waals surface area contributed by atoms with Gasteiger partial charge >= 0.3 is 0 Å².